The fraction of sp³-hybridized carbons (Fsp3) is 0.611. The number of nitrogens with one attached hydrogen (secondary N) is 1. The molecule has 0 fully saturated rings. The molecular weight excluding hydrogens is 260 g/mol. The van der Waals surface area contributed by atoms with Crippen LogP contribution in [-0.2, 0) is 10.2 Å². The number of amides is 1. The number of benzene rings is 1. The zero-order valence-corrected chi connectivity index (χ0v) is 14.1. The molecule has 2 unspecified atom stereocenters. The molecule has 21 heavy (non-hydrogen) atoms. The maximum Gasteiger partial charge on any atom is 0.224 e. The van der Waals surface area contributed by atoms with Gasteiger partial charge >= 0.3 is 0 Å². The average Bonchev–Trinajstić information content (AvgIpc) is 2.43. The molecule has 0 heterocycles. The van der Waals surface area contributed by atoms with Crippen LogP contribution in [0.15, 0.2) is 24.3 Å². The normalized spacial score (nSPS) is 14.6. The molecule has 0 aromatic heterocycles. The molecule has 0 radical (unpaired) electrons. The van der Waals surface area contributed by atoms with E-state index in [2.05, 4.69) is 57.3 Å². The third-order valence-electron chi connectivity index (χ3n) is 3.93. The lowest BCUT2D eigenvalue weighted by molar-refractivity contribution is -0.125. The van der Waals surface area contributed by atoms with Crippen LogP contribution < -0.4 is 11.1 Å². The van der Waals surface area contributed by atoms with Gasteiger partial charge in [0.05, 0.1) is 12.0 Å². The second-order valence-electron chi connectivity index (χ2n) is 6.82. The maximum atomic E-state index is 12.2. The van der Waals surface area contributed by atoms with E-state index in [1.807, 2.05) is 6.92 Å². The molecule has 118 valence electrons. The van der Waals surface area contributed by atoms with Gasteiger partial charge in [-0.3, -0.25) is 4.79 Å². The van der Waals surface area contributed by atoms with E-state index in [1.165, 1.54) is 5.56 Å². The summed E-state index contributed by atoms with van der Waals surface area (Å²) >= 11 is 0. The number of hydrogen-bond acceptors (Lipinski definition) is 2. The van der Waals surface area contributed by atoms with E-state index in [1.54, 1.807) is 0 Å². The Balaban J connectivity index is 2.71. The van der Waals surface area contributed by atoms with Crippen molar-refractivity contribution in [2.75, 3.05) is 6.54 Å². The predicted octanol–water partition coefficient (Wildman–Crippen LogP) is 3.54. The minimum atomic E-state index is -0.0775. The van der Waals surface area contributed by atoms with E-state index in [0.717, 1.165) is 18.4 Å². The highest BCUT2D eigenvalue weighted by atomic mass is 16.1. The van der Waals surface area contributed by atoms with Gasteiger partial charge in [0.1, 0.15) is 0 Å². The van der Waals surface area contributed by atoms with E-state index < -0.39 is 0 Å². The zero-order chi connectivity index (χ0) is 16.0. The Morgan fingerprint density at radius 2 is 1.81 bits per heavy atom. The van der Waals surface area contributed by atoms with Crippen LogP contribution in [0.1, 0.15) is 64.6 Å². The molecule has 3 N–H and O–H groups in total. The van der Waals surface area contributed by atoms with Crippen molar-refractivity contribution in [3.8, 4) is 0 Å². The summed E-state index contributed by atoms with van der Waals surface area (Å²) in [7, 11) is 0. The first-order valence-corrected chi connectivity index (χ1v) is 7.90. The highest BCUT2D eigenvalue weighted by Gasteiger charge is 2.19. The monoisotopic (exact) mass is 290 g/mol. The first-order valence-electron chi connectivity index (χ1n) is 7.90. The third kappa shape index (κ3) is 5.16. The molecule has 0 spiro atoms. The van der Waals surface area contributed by atoms with Gasteiger partial charge in [-0.05, 0) is 29.9 Å². The number of rotatable bonds is 6. The van der Waals surface area contributed by atoms with Gasteiger partial charge < -0.3 is 11.1 Å². The van der Waals surface area contributed by atoms with Crippen molar-refractivity contribution in [3.63, 3.8) is 0 Å². The standard InChI is InChI=1S/C18H30N2O/c1-6-7-15(12-19)17(21)20-13(2)14-8-10-16(11-9-14)18(3,4)5/h8-11,13,15H,6-7,12,19H2,1-5H3,(H,20,21). The molecule has 0 bridgehead atoms. The minimum absolute atomic E-state index is 0.0115. The molecule has 0 saturated carbocycles. The topological polar surface area (TPSA) is 55.1 Å². The van der Waals surface area contributed by atoms with Crippen LogP contribution in [0.2, 0.25) is 0 Å². The smallest absolute Gasteiger partial charge is 0.224 e. The van der Waals surface area contributed by atoms with E-state index in [-0.39, 0.29) is 23.3 Å². The number of hydrogen-bond donors (Lipinski definition) is 2. The van der Waals surface area contributed by atoms with Crippen LogP contribution in [0.4, 0.5) is 0 Å². The van der Waals surface area contributed by atoms with Crippen LogP contribution in [0, 0.1) is 5.92 Å². The lowest BCUT2D eigenvalue weighted by atomic mass is 9.86. The fourth-order valence-corrected chi connectivity index (χ4v) is 2.39. The zero-order valence-electron chi connectivity index (χ0n) is 14.1. The first-order chi connectivity index (χ1) is 9.79. The quantitative estimate of drug-likeness (QED) is 0.842. The molecule has 0 aliphatic rings. The van der Waals surface area contributed by atoms with Crippen LogP contribution in [-0.4, -0.2) is 12.5 Å². The summed E-state index contributed by atoms with van der Waals surface area (Å²) in [5.41, 5.74) is 8.26. The summed E-state index contributed by atoms with van der Waals surface area (Å²) < 4.78 is 0. The number of carbonyl (C=O) groups excluding carboxylic acids is 1. The van der Waals surface area contributed by atoms with Crippen LogP contribution in [0.25, 0.3) is 0 Å². The number of nitrogens with two attached hydrogens (primary N) is 1. The first kappa shape index (κ1) is 17.7. The van der Waals surface area contributed by atoms with E-state index in [9.17, 15) is 4.79 Å². The second-order valence-corrected chi connectivity index (χ2v) is 6.82. The molecule has 2 atom stereocenters. The van der Waals surface area contributed by atoms with E-state index >= 15 is 0 Å². The molecular formula is C18H30N2O. The van der Waals surface area contributed by atoms with E-state index in [0.29, 0.717) is 6.54 Å². The lowest BCUT2D eigenvalue weighted by Crippen LogP contribution is -2.36. The molecule has 0 aliphatic heterocycles. The Labute approximate surface area is 129 Å². The summed E-state index contributed by atoms with van der Waals surface area (Å²) in [6, 6.07) is 8.50. The Morgan fingerprint density at radius 1 is 1.24 bits per heavy atom. The summed E-state index contributed by atoms with van der Waals surface area (Å²) in [5, 5.41) is 3.07. The Morgan fingerprint density at radius 3 is 2.24 bits per heavy atom. The largest absolute Gasteiger partial charge is 0.349 e. The Bertz CT molecular complexity index is 445. The summed E-state index contributed by atoms with van der Waals surface area (Å²) in [4.78, 5) is 12.2. The van der Waals surface area contributed by atoms with Crippen molar-refractivity contribution in [1.82, 2.24) is 5.32 Å². The SMILES string of the molecule is CCCC(CN)C(=O)NC(C)c1ccc(C(C)(C)C)cc1. The van der Waals surface area contributed by atoms with Gasteiger partial charge in [0.25, 0.3) is 0 Å². The van der Waals surface area contributed by atoms with Crippen molar-refractivity contribution < 1.29 is 4.79 Å². The molecule has 1 rings (SSSR count). The van der Waals surface area contributed by atoms with Gasteiger partial charge in [-0.2, -0.15) is 0 Å². The molecule has 1 amide bonds. The van der Waals surface area contributed by atoms with Crippen molar-refractivity contribution in [2.24, 2.45) is 11.7 Å². The molecule has 3 nitrogen and oxygen atoms in total. The third-order valence-corrected chi connectivity index (χ3v) is 3.93. The van der Waals surface area contributed by atoms with Crippen LogP contribution in [0.5, 0.6) is 0 Å². The second kappa shape index (κ2) is 7.60. The van der Waals surface area contributed by atoms with Gasteiger partial charge in [-0.15, -0.1) is 0 Å². The summed E-state index contributed by atoms with van der Waals surface area (Å²) in [5.74, 6) is -0.0157. The molecule has 1 aromatic rings. The van der Waals surface area contributed by atoms with Crippen LogP contribution in [0.3, 0.4) is 0 Å². The molecule has 1 aromatic carbocycles. The Hall–Kier alpha value is -1.35. The Kier molecular flexibility index (Phi) is 6.41. The predicted molar refractivity (Wildman–Crippen MR) is 89.2 cm³/mol. The molecule has 0 aliphatic carbocycles. The van der Waals surface area contributed by atoms with Crippen molar-refractivity contribution in [1.29, 1.82) is 0 Å². The van der Waals surface area contributed by atoms with Gasteiger partial charge in [0.2, 0.25) is 5.91 Å². The maximum absolute atomic E-state index is 12.2. The highest BCUT2D eigenvalue weighted by molar-refractivity contribution is 5.79. The summed E-state index contributed by atoms with van der Waals surface area (Å²) in [6.45, 7) is 11.1. The fourth-order valence-electron chi connectivity index (χ4n) is 2.39. The summed E-state index contributed by atoms with van der Waals surface area (Å²) in [6.07, 6.45) is 1.82. The average molecular weight is 290 g/mol. The van der Waals surface area contributed by atoms with Gasteiger partial charge in [0, 0.05) is 6.54 Å². The lowest BCUT2D eigenvalue weighted by Gasteiger charge is -2.22. The van der Waals surface area contributed by atoms with Gasteiger partial charge in [-0.25, -0.2) is 0 Å². The van der Waals surface area contributed by atoms with Crippen molar-refractivity contribution in [2.45, 2.75) is 58.9 Å². The van der Waals surface area contributed by atoms with Crippen LogP contribution >= 0.6 is 0 Å². The van der Waals surface area contributed by atoms with Gasteiger partial charge in [0.15, 0.2) is 0 Å². The van der Waals surface area contributed by atoms with Gasteiger partial charge in [-0.1, -0.05) is 58.4 Å². The highest BCUT2D eigenvalue weighted by Crippen LogP contribution is 2.24. The molecule has 0 saturated heterocycles. The molecule has 3 heteroatoms. The van der Waals surface area contributed by atoms with Crippen molar-refractivity contribution >= 4 is 5.91 Å². The minimum Gasteiger partial charge on any atom is -0.349 e. The van der Waals surface area contributed by atoms with Crippen molar-refractivity contribution in [3.05, 3.63) is 35.4 Å². The number of carbonyl (C=O) groups is 1. The van der Waals surface area contributed by atoms with E-state index in [4.69, 9.17) is 5.73 Å².